The Bertz CT molecular complexity index is 628. The number of hydrogen-bond donors (Lipinski definition) is 2. The van der Waals surface area contributed by atoms with Gasteiger partial charge < -0.3 is 14.5 Å². The minimum absolute atomic E-state index is 0.0423. The van der Waals surface area contributed by atoms with Gasteiger partial charge in [0.05, 0.1) is 12.8 Å². The van der Waals surface area contributed by atoms with Crippen LogP contribution in [0.5, 0.6) is 0 Å². The lowest BCUT2D eigenvalue weighted by atomic mass is 10.2. The van der Waals surface area contributed by atoms with Gasteiger partial charge in [-0.1, -0.05) is 67.6 Å². The lowest BCUT2D eigenvalue weighted by molar-refractivity contribution is -0.136. The highest BCUT2D eigenvalue weighted by Gasteiger charge is 2.19. The van der Waals surface area contributed by atoms with E-state index in [1.165, 1.54) is 0 Å². The lowest BCUT2D eigenvalue weighted by Crippen LogP contribution is -1.94. The SMILES string of the molecule is CCC(=O)O.O=P(O)(Cc1ccccc1)OCc1ccccc1. The van der Waals surface area contributed by atoms with Crippen LogP contribution < -0.4 is 0 Å². The summed E-state index contributed by atoms with van der Waals surface area (Å²) in [6, 6.07) is 18.5. The molecule has 2 aromatic carbocycles. The van der Waals surface area contributed by atoms with E-state index in [9.17, 15) is 14.3 Å². The molecule has 0 aromatic heterocycles. The normalized spacial score (nSPS) is 12.6. The average molecular weight is 336 g/mol. The van der Waals surface area contributed by atoms with Crippen LogP contribution in [0.4, 0.5) is 0 Å². The molecule has 0 aliphatic carbocycles. The topological polar surface area (TPSA) is 83.8 Å². The zero-order chi connectivity index (χ0) is 17.1. The second-order valence-electron chi connectivity index (χ2n) is 4.79. The van der Waals surface area contributed by atoms with Gasteiger partial charge in [-0.3, -0.25) is 9.36 Å². The van der Waals surface area contributed by atoms with Crippen molar-refractivity contribution < 1.29 is 23.9 Å². The van der Waals surface area contributed by atoms with Crippen molar-refractivity contribution in [2.45, 2.75) is 26.1 Å². The number of carbonyl (C=O) groups is 1. The smallest absolute Gasteiger partial charge is 0.332 e. The second kappa shape index (κ2) is 9.95. The molecular weight excluding hydrogens is 315 g/mol. The summed E-state index contributed by atoms with van der Waals surface area (Å²) in [5.41, 5.74) is 1.69. The summed E-state index contributed by atoms with van der Waals surface area (Å²) in [5, 5.41) is 7.72. The van der Waals surface area contributed by atoms with Gasteiger partial charge in [0.15, 0.2) is 0 Å². The highest BCUT2D eigenvalue weighted by atomic mass is 31.2. The van der Waals surface area contributed by atoms with Crippen LogP contribution in [-0.2, 0) is 26.7 Å². The Morgan fingerprint density at radius 1 is 1.00 bits per heavy atom. The van der Waals surface area contributed by atoms with E-state index < -0.39 is 13.6 Å². The molecule has 0 spiro atoms. The molecule has 0 fully saturated rings. The summed E-state index contributed by atoms with van der Waals surface area (Å²) in [7, 11) is -3.58. The molecule has 0 saturated carbocycles. The van der Waals surface area contributed by atoms with E-state index >= 15 is 0 Å². The van der Waals surface area contributed by atoms with Crippen LogP contribution in [-0.4, -0.2) is 16.0 Å². The first kappa shape index (κ1) is 19.1. The Labute approximate surface area is 136 Å². The maximum atomic E-state index is 11.9. The number of carboxylic acids is 1. The Kier molecular flexibility index (Phi) is 8.27. The highest BCUT2D eigenvalue weighted by molar-refractivity contribution is 7.51. The Morgan fingerprint density at radius 2 is 1.43 bits per heavy atom. The van der Waals surface area contributed by atoms with E-state index in [1.54, 1.807) is 6.92 Å². The summed E-state index contributed by atoms with van der Waals surface area (Å²) in [5.74, 6) is -0.745. The van der Waals surface area contributed by atoms with Gasteiger partial charge in [-0.2, -0.15) is 0 Å². The van der Waals surface area contributed by atoms with E-state index in [0.717, 1.165) is 11.1 Å². The molecule has 0 amide bonds. The first-order chi connectivity index (χ1) is 10.9. The minimum atomic E-state index is -3.58. The molecule has 0 saturated heterocycles. The van der Waals surface area contributed by atoms with Crippen molar-refractivity contribution in [3.63, 3.8) is 0 Å². The average Bonchev–Trinajstić information content (AvgIpc) is 2.55. The van der Waals surface area contributed by atoms with Gasteiger partial charge in [0.2, 0.25) is 0 Å². The molecule has 6 heteroatoms. The third-order valence-corrected chi connectivity index (χ3v) is 4.10. The van der Waals surface area contributed by atoms with Crippen LogP contribution >= 0.6 is 7.60 Å². The number of hydrogen-bond acceptors (Lipinski definition) is 3. The Hall–Kier alpha value is -1.94. The van der Waals surface area contributed by atoms with Crippen LogP contribution in [0.25, 0.3) is 0 Å². The van der Waals surface area contributed by atoms with Gasteiger partial charge in [0.25, 0.3) is 0 Å². The molecule has 0 radical (unpaired) electrons. The molecule has 124 valence electrons. The predicted octanol–water partition coefficient (Wildman–Crippen LogP) is 4.07. The van der Waals surface area contributed by atoms with E-state index in [4.69, 9.17) is 9.63 Å². The van der Waals surface area contributed by atoms with Crippen LogP contribution in [0.15, 0.2) is 60.7 Å². The third kappa shape index (κ3) is 8.94. The zero-order valence-electron chi connectivity index (χ0n) is 13.0. The molecule has 2 N–H and O–H groups in total. The minimum Gasteiger partial charge on any atom is -0.481 e. The maximum absolute atomic E-state index is 11.9. The fourth-order valence-electron chi connectivity index (χ4n) is 1.61. The molecule has 23 heavy (non-hydrogen) atoms. The first-order valence-corrected chi connectivity index (χ1v) is 8.95. The monoisotopic (exact) mass is 336 g/mol. The van der Waals surface area contributed by atoms with Gasteiger partial charge in [-0.05, 0) is 11.1 Å². The zero-order valence-corrected chi connectivity index (χ0v) is 13.9. The summed E-state index contributed by atoms with van der Waals surface area (Å²) in [4.78, 5) is 19.1. The summed E-state index contributed by atoms with van der Waals surface area (Å²) >= 11 is 0. The largest absolute Gasteiger partial charge is 0.481 e. The van der Waals surface area contributed by atoms with E-state index in [2.05, 4.69) is 0 Å². The van der Waals surface area contributed by atoms with Crippen LogP contribution in [0.2, 0.25) is 0 Å². The number of carboxylic acid groups (broad SMARTS) is 1. The third-order valence-electron chi connectivity index (χ3n) is 2.80. The molecule has 0 aliphatic heterocycles. The summed E-state index contributed by atoms with van der Waals surface area (Å²) < 4.78 is 17.0. The fourth-order valence-corrected chi connectivity index (χ4v) is 2.72. The fraction of sp³-hybridized carbons (Fsp3) is 0.235. The molecule has 1 atom stereocenters. The lowest BCUT2D eigenvalue weighted by Gasteiger charge is -2.12. The van der Waals surface area contributed by atoms with E-state index in [1.807, 2.05) is 60.7 Å². The van der Waals surface area contributed by atoms with Gasteiger partial charge in [0, 0.05) is 6.42 Å². The molecular formula is C17H21O5P. The van der Waals surface area contributed by atoms with Crippen molar-refractivity contribution in [1.82, 2.24) is 0 Å². The first-order valence-electron chi connectivity index (χ1n) is 7.19. The molecule has 2 aromatic rings. The highest BCUT2D eigenvalue weighted by Crippen LogP contribution is 2.46. The van der Waals surface area contributed by atoms with Crippen molar-refractivity contribution in [2.24, 2.45) is 0 Å². The van der Waals surface area contributed by atoms with Crippen molar-refractivity contribution in [2.75, 3.05) is 0 Å². The van der Waals surface area contributed by atoms with Crippen LogP contribution in [0.1, 0.15) is 24.5 Å². The van der Waals surface area contributed by atoms with Crippen molar-refractivity contribution in [3.05, 3.63) is 71.8 Å². The van der Waals surface area contributed by atoms with Crippen LogP contribution in [0.3, 0.4) is 0 Å². The molecule has 1 unspecified atom stereocenters. The predicted molar refractivity (Wildman–Crippen MR) is 89.1 cm³/mol. The van der Waals surface area contributed by atoms with Gasteiger partial charge in [0.1, 0.15) is 0 Å². The summed E-state index contributed by atoms with van der Waals surface area (Å²) in [6.45, 7) is 1.75. The number of benzene rings is 2. The Balaban J connectivity index is 0.000000463. The van der Waals surface area contributed by atoms with Crippen molar-refractivity contribution in [3.8, 4) is 0 Å². The van der Waals surface area contributed by atoms with Crippen LogP contribution in [0, 0.1) is 0 Å². The molecule has 0 aliphatic rings. The summed E-state index contributed by atoms with van der Waals surface area (Å²) in [6.07, 6.45) is 0.265. The molecule has 2 rings (SSSR count). The standard InChI is InChI=1S/C14H15O3P.C3H6O2/c15-18(16,12-14-9-5-2-6-10-14)17-11-13-7-3-1-4-8-13;1-2-3(4)5/h1-10H,11-12H2,(H,15,16);2H2,1H3,(H,4,5). The van der Waals surface area contributed by atoms with E-state index in [-0.39, 0.29) is 19.2 Å². The molecule has 0 bridgehead atoms. The van der Waals surface area contributed by atoms with Gasteiger partial charge in [-0.15, -0.1) is 0 Å². The van der Waals surface area contributed by atoms with Gasteiger partial charge >= 0.3 is 13.6 Å². The van der Waals surface area contributed by atoms with Gasteiger partial charge in [-0.25, -0.2) is 0 Å². The maximum Gasteiger partial charge on any atom is 0.332 e. The molecule has 0 heterocycles. The van der Waals surface area contributed by atoms with Crippen molar-refractivity contribution >= 4 is 13.6 Å². The molecule has 5 nitrogen and oxygen atoms in total. The van der Waals surface area contributed by atoms with E-state index in [0.29, 0.717) is 0 Å². The quantitative estimate of drug-likeness (QED) is 0.777. The number of aliphatic carboxylic acids is 1. The number of rotatable bonds is 6. The second-order valence-corrected chi connectivity index (χ2v) is 6.64. The van der Waals surface area contributed by atoms with Crippen molar-refractivity contribution in [1.29, 1.82) is 0 Å². The Morgan fingerprint density at radius 3 is 1.87 bits per heavy atom.